The molecular weight excluding hydrogens is 220 g/mol. The Morgan fingerprint density at radius 2 is 2.12 bits per heavy atom. The van der Waals surface area contributed by atoms with Crippen molar-refractivity contribution in [1.82, 2.24) is 4.98 Å². The number of ether oxygens (including phenoxy) is 1. The number of nitrogens with zero attached hydrogens (tertiary/aromatic N) is 1. The van der Waals surface area contributed by atoms with Gasteiger partial charge in [0.05, 0.1) is 21.8 Å². The lowest BCUT2D eigenvalue weighted by molar-refractivity contribution is 0.136. The number of aromatic nitrogens is 1. The third-order valence-corrected chi connectivity index (χ3v) is 3.39. The Bertz CT molecular complexity index is 408. The Balaban J connectivity index is 1.85. The fourth-order valence-corrected chi connectivity index (χ4v) is 2.42. The number of rotatable bonds is 6. The summed E-state index contributed by atoms with van der Waals surface area (Å²) in [5.41, 5.74) is 6.47. The van der Waals surface area contributed by atoms with E-state index in [0.717, 1.165) is 36.6 Å². The van der Waals surface area contributed by atoms with E-state index >= 15 is 0 Å². The van der Waals surface area contributed by atoms with E-state index in [9.17, 15) is 0 Å². The molecule has 0 atom stereocenters. The topological polar surface area (TPSA) is 48.1 Å². The van der Waals surface area contributed by atoms with Crippen LogP contribution in [0.3, 0.4) is 0 Å². The highest BCUT2D eigenvalue weighted by Gasteiger charge is 2.02. The van der Waals surface area contributed by atoms with E-state index in [2.05, 4.69) is 11.1 Å². The maximum absolute atomic E-state index is 5.46. The zero-order valence-corrected chi connectivity index (χ0v) is 10.0. The van der Waals surface area contributed by atoms with Crippen LogP contribution in [0.2, 0.25) is 0 Å². The van der Waals surface area contributed by atoms with Gasteiger partial charge in [0.2, 0.25) is 0 Å². The second-order valence-electron chi connectivity index (χ2n) is 3.58. The van der Waals surface area contributed by atoms with Gasteiger partial charge in [-0.2, -0.15) is 0 Å². The molecule has 86 valence electrons. The first-order chi connectivity index (χ1) is 7.90. The molecule has 1 aromatic heterocycles. The van der Waals surface area contributed by atoms with E-state index < -0.39 is 0 Å². The quantitative estimate of drug-likeness (QED) is 0.782. The van der Waals surface area contributed by atoms with Gasteiger partial charge in [0.15, 0.2) is 0 Å². The number of benzene rings is 1. The summed E-state index contributed by atoms with van der Waals surface area (Å²) in [7, 11) is 0. The van der Waals surface area contributed by atoms with Gasteiger partial charge in [0.1, 0.15) is 0 Å². The summed E-state index contributed by atoms with van der Waals surface area (Å²) in [6.07, 6.45) is 1.82. The predicted octanol–water partition coefficient (Wildman–Crippen LogP) is 2.20. The van der Waals surface area contributed by atoms with Crippen molar-refractivity contribution in [2.24, 2.45) is 5.73 Å². The van der Waals surface area contributed by atoms with Crippen LogP contribution < -0.4 is 5.73 Å². The van der Waals surface area contributed by atoms with Crippen molar-refractivity contribution in [3.05, 3.63) is 29.3 Å². The maximum Gasteiger partial charge on any atom is 0.0961 e. The Hall–Kier alpha value is -0.970. The van der Waals surface area contributed by atoms with Gasteiger partial charge in [-0.15, -0.1) is 11.3 Å². The Labute approximate surface area is 99.3 Å². The van der Waals surface area contributed by atoms with Crippen LogP contribution in [0.1, 0.15) is 11.4 Å². The first-order valence-electron chi connectivity index (χ1n) is 5.52. The first-order valence-corrected chi connectivity index (χ1v) is 6.34. The van der Waals surface area contributed by atoms with Crippen molar-refractivity contribution in [1.29, 1.82) is 0 Å². The summed E-state index contributed by atoms with van der Waals surface area (Å²) in [6, 6.07) is 8.21. The monoisotopic (exact) mass is 236 g/mol. The molecule has 0 aliphatic heterocycles. The number of hydrogen-bond donors (Lipinski definition) is 1. The smallest absolute Gasteiger partial charge is 0.0961 e. The van der Waals surface area contributed by atoms with E-state index in [1.54, 1.807) is 11.3 Å². The fourth-order valence-electron chi connectivity index (χ4n) is 1.47. The molecule has 2 aromatic rings. The van der Waals surface area contributed by atoms with Gasteiger partial charge in [-0.3, -0.25) is 0 Å². The van der Waals surface area contributed by atoms with Crippen LogP contribution >= 0.6 is 11.3 Å². The number of thiazole rings is 1. The third kappa shape index (κ3) is 3.01. The molecule has 1 aromatic carbocycles. The molecule has 0 unspecified atom stereocenters. The molecule has 0 spiro atoms. The standard InChI is InChI=1S/C12H16N2OS/c13-7-3-8-15-9-6-12-14-10-4-1-2-5-11(10)16-12/h1-2,4-5H,3,6-9,13H2. The summed E-state index contributed by atoms with van der Waals surface area (Å²) in [6.45, 7) is 2.18. The molecule has 0 radical (unpaired) electrons. The van der Waals surface area contributed by atoms with Gasteiger partial charge in [-0.1, -0.05) is 12.1 Å². The van der Waals surface area contributed by atoms with Crippen molar-refractivity contribution in [3.8, 4) is 0 Å². The minimum Gasteiger partial charge on any atom is -0.381 e. The van der Waals surface area contributed by atoms with E-state index in [0.29, 0.717) is 6.54 Å². The molecule has 4 heteroatoms. The van der Waals surface area contributed by atoms with E-state index in [1.807, 2.05) is 18.2 Å². The first kappa shape index (κ1) is 11.5. The molecule has 0 bridgehead atoms. The van der Waals surface area contributed by atoms with Gasteiger partial charge in [0.25, 0.3) is 0 Å². The average Bonchev–Trinajstić information content (AvgIpc) is 2.71. The molecular formula is C12H16N2OS. The number of nitrogens with two attached hydrogens (primary N) is 1. The lowest BCUT2D eigenvalue weighted by Crippen LogP contribution is -2.06. The average molecular weight is 236 g/mol. The van der Waals surface area contributed by atoms with Gasteiger partial charge in [-0.25, -0.2) is 4.98 Å². The Morgan fingerprint density at radius 3 is 2.94 bits per heavy atom. The number of para-hydroxylation sites is 1. The zero-order valence-electron chi connectivity index (χ0n) is 9.19. The van der Waals surface area contributed by atoms with Crippen molar-refractivity contribution < 1.29 is 4.74 Å². The molecule has 16 heavy (non-hydrogen) atoms. The highest BCUT2D eigenvalue weighted by molar-refractivity contribution is 7.18. The highest BCUT2D eigenvalue weighted by Crippen LogP contribution is 2.21. The lowest BCUT2D eigenvalue weighted by Gasteiger charge is -2.00. The molecule has 0 amide bonds. The van der Waals surface area contributed by atoms with E-state index in [-0.39, 0.29) is 0 Å². The van der Waals surface area contributed by atoms with Gasteiger partial charge < -0.3 is 10.5 Å². The van der Waals surface area contributed by atoms with Crippen LogP contribution in [0.4, 0.5) is 0 Å². The van der Waals surface area contributed by atoms with Gasteiger partial charge >= 0.3 is 0 Å². The van der Waals surface area contributed by atoms with Gasteiger partial charge in [-0.05, 0) is 25.1 Å². The van der Waals surface area contributed by atoms with Crippen molar-refractivity contribution >= 4 is 21.6 Å². The van der Waals surface area contributed by atoms with Crippen LogP contribution in [0.15, 0.2) is 24.3 Å². The molecule has 0 aliphatic carbocycles. The van der Waals surface area contributed by atoms with Crippen LogP contribution in [0.5, 0.6) is 0 Å². The molecule has 0 fully saturated rings. The van der Waals surface area contributed by atoms with Crippen LogP contribution in [0, 0.1) is 0 Å². The minimum atomic E-state index is 0.696. The number of fused-ring (bicyclic) bond motifs is 1. The fraction of sp³-hybridized carbons (Fsp3) is 0.417. The van der Waals surface area contributed by atoms with E-state index in [4.69, 9.17) is 10.5 Å². The molecule has 0 saturated carbocycles. The Morgan fingerprint density at radius 1 is 1.25 bits per heavy atom. The second-order valence-corrected chi connectivity index (χ2v) is 4.70. The molecule has 2 rings (SSSR count). The second kappa shape index (κ2) is 5.94. The van der Waals surface area contributed by atoms with Crippen LogP contribution in [0.25, 0.3) is 10.2 Å². The summed E-state index contributed by atoms with van der Waals surface area (Å²) in [5.74, 6) is 0. The van der Waals surface area contributed by atoms with Crippen molar-refractivity contribution in [3.63, 3.8) is 0 Å². The lowest BCUT2D eigenvalue weighted by atomic mass is 10.3. The number of hydrogen-bond acceptors (Lipinski definition) is 4. The molecule has 1 heterocycles. The normalized spacial score (nSPS) is 11.1. The van der Waals surface area contributed by atoms with Crippen LogP contribution in [-0.4, -0.2) is 24.7 Å². The summed E-state index contributed by atoms with van der Waals surface area (Å²) >= 11 is 1.75. The maximum atomic E-state index is 5.46. The predicted molar refractivity (Wildman–Crippen MR) is 67.8 cm³/mol. The largest absolute Gasteiger partial charge is 0.381 e. The van der Waals surface area contributed by atoms with E-state index in [1.165, 1.54) is 4.70 Å². The Kier molecular flexibility index (Phi) is 4.27. The van der Waals surface area contributed by atoms with Gasteiger partial charge in [0, 0.05) is 13.0 Å². The molecule has 0 aliphatic rings. The van der Waals surface area contributed by atoms with Crippen molar-refractivity contribution in [2.45, 2.75) is 12.8 Å². The summed E-state index contributed by atoms with van der Waals surface area (Å²) in [5, 5.41) is 1.15. The van der Waals surface area contributed by atoms with Crippen LogP contribution in [-0.2, 0) is 11.2 Å². The third-order valence-electron chi connectivity index (χ3n) is 2.29. The molecule has 0 saturated heterocycles. The summed E-state index contributed by atoms with van der Waals surface area (Å²) < 4.78 is 6.71. The van der Waals surface area contributed by atoms with Crippen molar-refractivity contribution in [2.75, 3.05) is 19.8 Å². The molecule has 2 N–H and O–H groups in total. The highest BCUT2D eigenvalue weighted by atomic mass is 32.1. The zero-order chi connectivity index (χ0) is 11.2. The SMILES string of the molecule is NCCCOCCc1nc2ccccc2s1. The molecule has 3 nitrogen and oxygen atoms in total. The minimum absolute atomic E-state index is 0.696. The summed E-state index contributed by atoms with van der Waals surface area (Å²) in [4.78, 5) is 4.54.